The average molecular weight is 168 g/mol. The summed E-state index contributed by atoms with van der Waals surface area (Å²) in [4.78, 5) is 3.77. The lowest BCUT2D eigenvalue weighted by Gasteiger charge is -2.11. The summed E-state index contributed by atoms with van der Waals surface area (Å²) in [6.45, 7) is 4.88. The Hall–Kier alpha value is -0.960. The Balaban J connectivity index is 2.73. The molecule has 1 aromatic rings. The van der Waals surface area contributed by atoms with E-state index in [-0.39, 0.29) is 11.9 Å². The molecule has 1 aromatic heterocycles. The van der Waals surface area contributed by atoms with Crippen molar-refractivity contribution in [2.75, 3.05) is 6.54 Å². The lowest BCUT2D eigenvalue weighted by atomic mass is 10.1. The molecule has 3 heteroatoms. The molecule has 1 rings (SSSR count). The number of halogens is 1. The van der Waals surface area contributed by atoms with Gasteiger partial charge in [0.1, 0.15) is 5.82 Å². The van der Waals surface area contributed by atoms with Crippen LogP contribution in [-0.2, 0) is 0 Å². The molecule has 0 saturated carbocycles. The third-order valence-electron chi connectivity index (χ3n) is 1.74. The highest BCUT2D eigenvalue weighted by Crippen LogP contribution is 2.10. The predicted octanol–water partition coefficient (Wildman–Crippen LogP) is 1.89. The van der Waals surface area contributed by atoms with Gasteiger partial charge in [0, 0.05) is 12.2 Å². The van der Waals surface area contributed by atoms with Crippen LogP contribution in [0.5, 0.6) is 0 Å². The molecule has 0 spiro atoms. The van der Waals surface area contributed by atoms with E-state index in [1.807, 2.05) is 13.8 Å². The van der Waals surface area contributed by atoms with Crippen molar-refractivity contribution in [3.8, 4) is 0 Å². The number of rotatable bonds is 3. The predicted molar refractivity (Wildman–Crippen MR) is 46.3 cm³/mol. The molecule has 1 N–H and O–H groups in total. The molecule has 0 aliphatic rings. The van der Waals surface area contributed by atoms with E-state index in [4.69, 9.17) is 0 Å². The number of hydrogen-bond acceptors (Lipinski definition) is 2. The van der Waals surface area contributed by atoms with Crippen LogP contribution >= 0.6 is 0 Å². The summed E-state index contributed by atoms with van der Waals surface area (Å²) < 4.78 is 12.7. The second-order valence-corrected chi connectivity index (χ2v) is 2.72. The zero-order valence-corrected chi connectivity index (χ0v) is 7.34. The molecule has 0 aromatic carbocycles. The minimum absolute atomic E-state index is 0.165. The van der Waals surface area contributed by atoms with Gasteiger partial charge in [-0.1, -0.05) is 6.92 Å². The van der Waals surface area contributed by atoms with Gasteiger partial charge in [0.25, 0.3) is 0 Å². The Morgan fingerprint density at radius 1 is 1.58 bits per heavy atom. The van der Waals surface area contributed by atoms with E-state index in [1.165, 1.54) is 12.3 Å². The van der Waals surface area contributed by atoms with Crippen molar-refractivity contribution in [1.82, 2.24) is 10.3 Å². The Kier molecular flexibility index (Phi) is 3.17. The average Bonchev–Trinajstić information content (AvgIpc) is 2.05. The van der Waals surface area contributed by atoms with Crippen molar-refractivity contribution < 1.29 is 4.39 Å². The van der Waals surface area contributed by atoms with Crippen LogP contribution < -0.4 is 5.32 Å². The van der Waals surface area contributed by atoms with E-state index in [2.05, 4.69) is 10.3 Å². The van der Waals surface area contributed by atoms with Crippen molar-refractivity contribution >= 4 is 0 Å². The summed E-state index contributed by atoms with van der Waals surface area (Å²) in [6, 6.07) is 1.67. The monoisotopic (exact) mass is 168 g/mol. The largest absolute Gasteiger partial charge is 0.310 e. The van der Waals surface area contributed by atoms with E-state index in [0.29, 0.717) is 0 Å². The summed E-state index contributed by atoms with van der Waals surface area (Å²) >= 11 is 0. The Labute approximate surface area is 71.8 Å². The lowest BCUT2D eigenvalue weighted by Crippen LogP contribution is -2.17. The fraction of sp³-hybridized carbons (Fsp3) is 0.444. The van der Waals surface area contributed by atoms with Crippen molar-refractivity contribution in [3.63, 3.8) is 0 Å². The van der Waals surface area contributed by atoms with Gasteiger partial charge in [0.2, 0.25) is 0 Å². The van der Waals surface area contributed by atoms with E-state index >= 15 is 0 Å². The summed E-state index contributed by atoms with van der Waals surface area (Å²) in [6.07, 6.45) is 2.89. The van der Waals surface area contributed by atoms with Crippen molar-refractivity contribution in [2.24, 2.45) is 0 Å². The fourth-order valence-electron chi connectivity index (χ4n) is 1.09. The molecule has 0 amide bonds. The molecule has 0 fully saturated rings. The van der Waals surface area contributed by atoms with Gasteiger partial charge in [-0.2, -0.15) is 0 Å². The summed E-state index contributed by atoms with van der Waals surface area (Å²) in [5.41, 5.74) is 0.886. The molecule has 1 atom stereocenters. The first kappa shape index (κ1) is 9.13. The van der Waals surface area contributed by atoms with Crippen LogP contribution in [-0.4, -0.2) is 11.5 Å². The SMILES string of the molecule is CCNC(C)c1cncc(F)c1. The van der Waals surface area contributed by atoms with Crippen molar-refractivity contribution in [1.29, 1.82) is 0 Å². The highest BCUT2D eigenvalue weighted by Gasteiger charge is 2.03. The molecule has 2 nitrogen and oxygen atoms in total. The minimum atomic E-state index is -0.280. The summed E-state index contributed by atoms with van der Waals surface area (Å²) in [7, 11) is 0. The van der Waals surface area contributed by atoms with Gasteiger partial charge in [-0.05, 0) is 25.1 Å². The first-order valence-electron chi connectivity index (χ1n) is 4.08. The van der Waals surface area contributed by atoms with Crippen molar-refractivity contribution in [3.05, 3.63) is 29.8 Å². The number of hydrogen-bond donors (Lipinski definition) is 1. The molecule has 0 aliphatic heterocycles. The number of nitrogens with zero attached hydrogens (tertiary/aromatic N) is 1. The van der Waals surface area contributed by atoms with Gasteiger partial charge in [-0.15, -0.1) is 0 Å². The molecular formula is C9H13FN2. The van der Waals surface area contributed by atoms with E-state index in [1.54, 1.807) is 6.20 Å². The van der Waals surface area contributed by atoms with Gasteiger partial charge in [0.05, 0.1) is 6.20 Å². The normalized spacial score (nSPS) is 12.9. The van der Waals surface area contributed by atoms with Crippen LogP contribution in [0.15, 0.2) is 18.5 Å². The highest BCUT2D eigenvalue weighted by molar-refractivity contribution is 5.13. The second kappa shape index (κ2) is 4.16. The molecule has 0 saturated heterocycles. The Bertz CT molecular complexity index is 250. The standard InChI is InChI=1S/C9H13FN2/c1-3-12-7(2)8-4-9(10)6-11-5-8/h4-7,12H,3H2,1-2H3. The third-order valence-corrected chi connectivity index (χ3v) is 1.74. The van der Waals surface area contributed by atoms with Crippen LogP contribution in [0.1, 0.15) is 25.5 Å². The van der Waals surface area contributed by atoms with Crippen LogP contribution in [0, 0.1) is 5.82 Å². The van der Waals surface area contributed by atoms with Gasteiger partial charge >= 0.3 is 0 Å². The Morgan fingerprint density at radius 3 is 2.92 bits per heavy atom. The zero-order valence-electron chi connectivity index (χ0n) is 7.34. The molecule has 1 unspecified atom stereocenters. The minimum Gasteiger partial charge on any atom is -0.310 e. The van der Waals surface area contributed by atoms with Gasteiger partial charge in [-0.3, -0.25) is 4.98 Å². The number of nitrogens with one attached hydrogen (secondary N) is 1. The zero-order chi connectivity index (χ0) is 8.97. The smallest absolute Gasteiger partial charge is 0.141 e. The van der Waals surface area contributed by atoms with Crippen LogP contribution in [0.4, 0.5) is 4.39 Å². The highest BCUT2D eigenvalue weighted by atomic mass is 19.1. The summed E-state index contributed by atoms with van der Waals surface area (Å²) in [5, 5.41) is 3.18. The Morgan fingerprint density at radius 2 is 2.33 bits per heavy atom. The van der Waals surface area contributed by atoms with E-state index in [9.17, 15) is 4.39 Å². The summed E-state index contributed by atoms with van der Waals surface area (Å²) in [5.74, 6) is -0.280. The quantitative estimate of drug-likeness (QED) is 0.745. The lowest BCUT2D eigenvalue weighted by molar-refractivity contribution is 0.577. The maximum absolute atomic E-state index is 12.7. The van der Waals surface area contributed by atoms with E-state index < -0.39 is 0 Å². The van der Waals surface area contributed by atoms with Gasteiger partial charge in [-0.25, -0.2) is 4.39 Å². The molecule has 0 radical (unpaired) electrons. The first-order valence-corrected chi connectivity index (χ1v) is 4.08. The number of pyridine rings is 1. The maximum Gasteiger partial charge on any atom is 0.141 e. The molecule has 66 valence electrons. The first-order chi connectivity index (χ1) is 5.74. The van der Waals surface area contributed by atoms with E-state index in [0.717, 1.165) is 12.1 Å². The fourth-order valence-corrected chi connectivity index (χ4v) is 1.09. The maximum atomic E-state index is 12.7. The number of aromatic nitrogens is 1. The van der Waals surface area contributed by atoms with Gasteiger partial charge < -0.3 is 5.32 Å². The molecule has 0 bridgehead atoms. The van der Waals surface area contributed by atoms with Crippen LogP contribution in [0.3, 0.4) is 0 Å². The molecular weight excluding hydrogens is 155 g/mol. The molecule has 1 heterocycles. The van der Waals surface area contributed by atoms with Gasteiger partial charge in [0.15, 0.2) is 0 Å². The van der Waals surface area contributed by atoms with Crippen molar-refractivity contribution in [2.45, 2.75) is 19.9 Å². The van der Waals surface area contributed by atoms with Crippen LogP contribution in [0.2, 0.25) is 0 Å². The third kappa shape index (κ3) is 2.27. The topological polar surface area (TPSA) is 24.9 Å². The molecule has 12 heavy (non-hydrogen) atoms. The molecule has 0 aliphatic carbocycles. The van der Waals surface area contributed by atoms with Crippen LogP contribution in [0.25, 0.3) is 0 Å². The second-order valence-electron chi connectivity index (χ2n) is 2.72.